The lowest BCUT2D eigenvalue weighted by atomic mass is 10.1. The second kappa shape index (κ2) is 9.97. The molecule has 1 heterocycles. The van der Waals surface area contributed by atoms with Gasteiger partial charge >= 0.3 is 0 Å². The highest BCUT2D eigenvalue weighted by atomic mass is 16.5. The zero-order valence-electron chi connectivity index (χ0n) is 17.9. The summed E-state index contributed by atoms with van der Waals surface area (Å²) >= 11 is 0. The average molecular weight is 425 g/mol. The molecular formula is C23H27N3O5. The smallest absolute Gasteiger partial charge is 0.279 e. The number of para-hydroxylation sites is 2. The first-order valence-electron chi connectivity index (χ1n) is 10.2. The molecule has 3 rings (SSSR count). The van der Waals surface area contributed by atoms with Crippen LogP contribution in [0.25, 0.3) is 0 Å². The predicted molar refractivity (Wildman–Crippen MR) is 116 cm³/mol. The molecule has 0 aliphatic carbocycles. The quantitative estimate of drug-likeness (QED) is 0.693. The molecule has 8 heteroatoms. The van der Waals surface area contributed by atoms with Crippen LogP contribution in [0.5, 0.6) is 11.5 Å². The van der Waals surface area contributed by atoms with Crippen LogP contribution in [0.4, 0.5) is 5.69 Å². The summed E-state index contributed by atoms with van der Waals surface area (Å²) < 4.78 is 11.2. The topological polar surface area (TPSA) is 97.0 Å². The zero-order chi connectivity index (χ0) is 22.4. The fraction of sp³-hybridized carbons (Fsp3) is 0.348. The molecule has 8 nitrogen and oxygen atoms in total. The number of aryl methyl sites for hydroxylation is 1. The monoisotopic (exact) mass is 425 g/mol. The second-order valence-electron chi connectivity index (χ2n) is 7.36. The van der Waals surface area contributed by atoms with Crippen LogP contribution in [0, 0.1) is 13.8 Å². The summed E-state index contributed by atoms with van der Waals surface area (Å²) in [7, 11) is 0. The maximum Gasteiger partial charge on any atom is 0.279 e. The first kappa shape index (κ1) is 22.1. The van der Waals surface area contributed by atoms with Gasteiger partial charge in [0.15, 0.2) is 6.10 Å². The van der Waals surface area contributed by atoms with Crippen molar-refractivity contribution in [1.29, 1.82) is 0 Å². The normalized spacial score (nSPS) is 13.5. The Bertz CT molecular complexity index is 975. The Morgan fingerprint density at radius 2 is 1.84 bits per heavy atom. The third kappa shape index (κ3) is 5.53. The minimum absolute atomic E-state index is 0.0184. The number of rotatable bonds is 6. The largest absolute Gasteiger partial charge is 0.490 e. The molecule has 0 spiro atoms. The molecule has 2 N–H and O–H groups in total. The van der Waals surface area contributed by atoms with Gasteiger partial charge in [-0.1, -0.05) is 24.3 Å². The summed E-state index contributed by atoms with van der Waals surface area (Å²) in [6.45, 7) is 6.32. The number of hydrogen-bond acceptors (Lipinski definition) is 5. The van der Waals surface area contributed by atoms with Crippen LogP contribution < -0.4 is 25.2 Å². The van der Waals surface area contributed by atoms with Gasteiger partial charge in [-0.15, -0.1) is 0 Å². The van der Waals surface area contributed by atoms with Crippen LogP contribution >= 0.6 is 0 Å². The van der Waals surface area contributed by atoms with Crippen LogP contribution in [0.1, 0.15) is 30.9 Å². The number of fused-ring (bicyclic) bond motifs is 1. The zero-order valence-corrected chi connectivity index (χ0v) is 17.9. The van der Waals surface area contributed by atoms with Crippen molar-refractivity contribution in [2.75, 3.05) is 18.1 Å². The Balaban J connectivity index is 1.44. The average Bonchev–Trinajstić information content (AvgIpc) is 2.78. The van der Waals surface area contributed by atoms with Crippen LogP contribution in [0.3, 0.4) is 0 Å². The fourth-order valence-corrected chi connectivity index (χ4v) is 3.18. The number of nitrogens with one attached hydrogen (secondary N) is 2. The van der Waals surface area contributed by atoms with Crippen LogP contribution in [0.2, 0.25) is 0 Å². The Morgan fingerprint density at radius 3 is 2.65 bits per heavy atom. The maximum atomic E-state index is 12.6. The van der Waals surface area contributed by atoms with E-state index in [9.17, 15) is 14.4 Å². The molecule has 1 unspecified atom stereocenters. The van der Waals surface area contributed by atoms with E-state index in [0.29, 0.717) is 30.3 Å². The van der Waals surface area contributed by atoms with E-state index in [0.717, 1.165) is 11.1 Å². The van der Waals surface area contributed by atoms with Gasteiger partial charge in [-0.3, -0.25) is 25.2 Å². The highest BCUT2D eigenvalue weighted by Crippen LogP contribution is 2.31. The van der Waals surface area contributed by atoms with E-state index in [-0.39, 0.29) is 18.7 Å². The predicted octanol–water partition coefficient (Wildman–Crippen LogP) is 2.42. The molecule has 2 aromatic carbocycles. The van der Waals surface area contributed by atoms with E-state index in [1.165, 1.54) is 0 Å². The Kier molecular flexibility index (Phi) is 7.12. The number of ether oxygens (including phenoxy) is 2. The summed E-state index contributed by atoms with van der Waals surface area (Å²) in [6.07, 6.45) is -0.831. The van der Waals surface area contributed by atoms with E-state index < -0.39 is 17.9 Å². The third-order valence-electron chi connectivity index (χ3n) is 5.15. The first-order chi connectivity index (χ1) is 14.9. The van der Waals surface area contributed by atoms with Crippen molar-refractivity contribution in [3.05, 3.63) is 53.6 Å². The Morgan fingerprint density at radius 1 is 1.06 bits per heavy atom. The van der Waals surface area contributed by atoms with Crippen LogP contribution in [-0.4, -0.2) is 37.0 Å². The fourth-order valence-electron chi connectivity index (χ4n) is 3.18. The molecule has 3 amide bonds. The van der Waals surface area contributed by atoms with Gasteiger partial charge in [0.05, 0.1) is 12.2 Å². The van der Waals surface area contributed by atoms with Gasteiger partial charge in [-0.25, -0.2) is 0 Å². The molecule has 2 aromatic rings. The second-order valence-corrected chi connectivity index (χ2v) is 7.36. The SMILES string of the molecule is Cc1cccc(OC(C)C(=O)NNC(=O)CCC(=O)N2CCOc3ccccc32)c1C. The number of hydrazine groups is 1. The van der Waals surface area contributed by atoms with Crippen molar-refractivity contribution >= 4 is 23.4 Å². The van der Waals surface area contributed by atoms with Crippen molar-refractivity contribution in [2.24, 2.45) is 0 Å². The van der Waals surface area contributed by atoms with E-state index in [1.54, 1.807) is 24.0 Å². The summed E-state index contributed by atoms with van der Waals surface area (Å²) in [4.78, 5) is 38.5. The maximum absolute atomic E-state index is 12.6. The molecule has 0 bridgehead atoms. The molecule has 0 saturated carbocycles. The molecule has 0 saturated heterocycles. The highest BCUT2D eigenvalue weighted by Gasteiger charge is 2.24. The van der Waals surface area contributed by atoms with Crippen LogP contribution in [-0.2, 0) is 14.4 Å². The minimum Gasteiger partial charge on any atom is -0.490 e. The van der Waals surface area contributed by atoms with Gasteiger partial charge in [0, 0.05) is 12.8 Å². The molecule has 1 atom stereocenters. The van der Waals surface area contributed by atoms with E-state index >= 15 is 0 Å². The summed E-state index contributed by atoms with van der Waals surface area (Å²) in [5.41, 5.74) is 7.40. The van der Waals surface area contributed by atoms with E-state index in [4.69, 9.17) is 9.47 Å². The van der Waals surface area contributed by atoms with Crippen molar-refractivity contribution in [3.8, 4) is 11.5 Å². The lowest BCUT2D eigenvalue weighted by molar-refractivity contribution is -0.133. The van der Waals surface area contributed by atoms with E-state index in [2.05, 4.69) is 10.9 Å². The van der Waals surface area contributed by atoms with Crippen molar-refractivity contribution in [1.82, 2.24) is 10.9 Å². The van der Waals surface area contributed by atoms with Gasteiger partial charge in [-0.2, -0.15) is 0 Å². The Hall–Kier alpha value is -3.55. The van der Waals surface area contributed by atoms with Gasteiger partial charge in [-0.05, 0) is 50.1 Å². The van der Waals surface area contributed by atoms with Gasteiger partial charge in [0.1, 0.15) is 18.1 Å². The molecule has 1 aliphatic heterocycles. The third-order valence-corrected chi connectivity index (χ3v) is 5.15. The molecular weight excluding hydrogens is 398 g/mol. The number of anilines is 1. The minimum atomic E-state index is -0.799. The highest BCUT2D eigenvalue weighted by molar-refractivity contribution is 5.97. The lowest BCUT2D eigenvalue weighted by Crippen LogP contribution is -2.47. The summed E-state index contributed by atoms with van der Waals surface area (Å²) in [5, 5.41) is 0. The summed E-state index contributed by atoms with van der Waals surface area (Å²) in [5.74, 6) is 0.149. The van der Waals surface area contributed by atoms with Crippen LogP contribution in [0.15, 0.2) is 42.5 Å². The number of carbonyl (C=O) groups is 3. The number of amides is 3. The summed E-state index contributed by atoms with van der Waals surface area (Å²) in [6, 6.07) is 12.9. The van der Waals surface area contributed by atoms with Crippen molar-refractivity contribution in [2.45, 2.75) is 39.7 Å². The van der Waals surface area contributed by atoms with Gasteiger partial charge in [0.25, 0.3) is 5.91 Å². The number of benzene rings is 2. The Labute approximate surface area is 181 Å². The number of carbonyl (C=O) groups excluding carboxylic acids is 3. The van der Waals surface area contributed by atoms with Gasteiger partial charge < -0.3 is 14.4 Å². The molecule has 1 aliphatic rings. The molecule has 164 valence electrons. The molecule has 31 heavy (non-hydrogen) atoms. The molecule has 0 fully saturated rings. The molecule has 0 radical (unpaired) electrons. The van der Waals surface area contributed by atoms with E-state index in [1.807, 2.05) is 44.2 Å². The lowest BCUT2D eigenvalue weighted by Gasteiger charge is -2.29. The van der Waals surface area contributed by atoms with Crippen molar-refractivity contribution < 1.29 is 23.9 Å². The molecule has 0 aromatic heterocycles. The van der Waals surface area contributed by atoms with Crippen molar-refractivity contribution in [3.63, 3.8) is 0 Å². The first-order valence-corrected chi connectivity index (χ1v) is 10.2. The number of hydrogen-bond donors (Lipinski definition) is 2. The standard InChI is InChI=1S/C23H27N3O5/c1-15-7-6-10-19(16(15)2)31-17(3)23(29)25-24-21(27)11-12-22(28)26-13-14-30-20-9-5-4-8-18(20)26/h4-10,17H,11-14H2,1-3H3,(H,24,27)(H,25,29). The number of nitrogens with zero attached hydrogens (tertiary/aromatic N) is 1. The van der Waals surface area contributed by atoms with Gasteiger partial charge in [0.2, 0.25) is 11.8 Å².